The maximum absolute atomic E-state index is 12.9. The van der Waals surface area contributed by atoms with Crippen LogP contribution in [0, 0.1) is 0 Å². The second-order valence-electron chi connectivity index (χ2n) is 7.76. The van der Waals surface area contributed by atoms with Crippen molar-refractivity contribution in [3.8, 4) is 0 Å². The Labute approximate surface area is 173 Å². The highest BCUT2D eigenvalue weighted by molar-refractivity contribution is 5.84. The Morgan fingerprint density at radius 3 is 2.23 bits per heavy atom. The number of aliphatic carboxylic acids is 1. The average Bonchev–Trinajstić information content (AvgIpc) is 2.63. The summed E-state index contributed by atoms with van der Waals surface area (Å²) < 4.78 is 43.9. The van der Waals surface area contributed by atoms with Crippen molar-refractivity contribution in [2.45, 2.75) is 39.0 Å². The highest BCUT2D eigenvalue weighted by Crippen LogP contribution is 2.33. The summed E-state index contributed by atoms with van der Waals surface area (Å²) in [6, 6.07) is 4.68. The zero-order chi connectivity index (χ0) is 22.5. The van der Waals surface area contributed by atoms with Crippen molar-refractivity contribution in [2.24, 2.45) is 0 Å². The Morgan fingerprint density at radius 2 is 1.77 bits per heavy atom. The van der Waals surface area contributed by atoms with Crippen LogP contribution in [0.4, 0.5) is 18.0 Å². The number of benzene rings is 1. The molecule has 1 heterocycles. The van der Waals surface area contributed by atoms with E-state index >= 15 is 0 Å². The highest BCUT2D eigenvalue weighted by Gasteiger charge is 2.30. The van der Waals surface area contributed by atoms with Crippen LogP contribution < -0.4 is 0 Å². The summed E-state index contributed by atoms with van der Waals surface area (Å²) in [6.45, 7) is 5.98. The van der Waals surface area contributed by atoms with Crippen molar-refractivity contribution in [3.05, 3.63) is 65.3 Å². The lowest BCUT2D eigenvalue weighted by Crippen LogP contribution is -2.39. The zero-order valence-electron chi connectivity index (χ0n) is 17.0. The fourth-order valence-electron chi connectivity index (χ4n) is 2.86. The predicted octanol–water partition coefficient (Wildman–Crippen LogP) is 5.30. The molecule has 162 valence electrons. The predicted molar refractivity (Wildman–Crippen MR) is 107 cm³/mol. The van der Waals surface area contributed by atoms with Gasteiger partial charge in [-0.2, -0.15) is 13.2 Å². The summed E-state index contributed by atoms with van der Waals surface area (Å²) >= 11 is 0. The van der Waals surface area contributed by atoms with Gasteiger partial charge in [-0.3, -0.25) is 0 Å². The topological polar surface area (TPSA) is 66.8 Å². The number of carboxylic acid groups (broad SMARTS) is 1. The fraction of sp³-hybridized carbons (Fsp3) is 0.364. The van der Waals surface area contributed by atoms with Gasteiger partial charge in [-0.25, -0.2) is 9.59 Å². The fourth-order valence-corrected chi connectivity index (χ4v) is 2.86. The van der Waals surface area contributed by atoms with Crippen molar-refractivity contribution in [2.75, 3.05) is 13.1 Å². The molecule has 0 fully saturated rings. The molecule has 1 aromatic rings. The van der Waals surface area contributed by atoms with Gasteiger partial charge in [-0.05, 0) is 56.0 Å². The van der Waals surface area contributed by atoms with Crippen molar-refractivity contribution in [1.29, 1.82) is 0 Å². The smallest absolute Gasteiger partial charge is 0.416 e. The van der Waals surface area contributed by atoms with Crippen molar-refractivity contribution < 1.29 is 32.6 Å². The third kappa shape index (κ3) is 6.79. The molecule has 1 amide bonds. The number of rotatable bonds is 4. The molecular weight excluding hydrogens is 399 g/mol. The molecule has 0 bridgehead atoms. The van der Waals surface area contributed by atoms with E-state index in [2.05, 4.69) is 0 Å². The van der Waals surface area contributed by atoms with Gasteiger partial charge in [0.05, 0.1) is 5.56 Å². The number of ether oxygens (including phenoxy) is 1. The Morgan fingerprint density at radius 1 is 1.13 bits per heavy atom. The largest absolute Gasteiger partial charge is 0.478 e. The minimum atomic E-state index is -4.44. The standard InChI is InChI=1S/C22H24F3NO4/c1-21(2,3)30-20(29)26-13-11-16(12-14-26)18(5-4-6-19(27)28)15-7-9-17(10-8-15)22(23,24)25/h4-11H,12-14H2,1-3H3,(H,27,28)/b6-4+,18-5+. The van der Waals surface area contributed by atoms with Gasteiger partial charge in [-0.1, -0.05) is 30.4 Å². The van der Waals surface area contributed by atoms with Crippen LogP contribution in [0.1, 0.15) is 38.3 Å². The molecule has 0 unspecified atom stereocenters. The molecule has 8 heteroatoms. The monoisotopic (exact) mass is 423 g/mol. The van der Waals surface area contributed by atoms with Gasteiger partial charge >= 0.3 is 18.2 Å². The van der Waals surface area contributed by atoms with Gasteiger partial charge in [0.1, 0.15) is 5.60 Å². The van der Waals surface area contributed by atoms with E-state index in [9.17, 15) is 22.8 Å². The van der Waals surface area contributed by atoms with Gasteiger partial charge in [0.15, 0.2) is 0 Å². The summed E-state index contributed by atoms with van der Waals surface area (Å²) in [5.41, 5.74) is 0.554. The molecule has 30 heavy (non-hydrogen) atoms. The molecule has 1 aliphatic heterocycles. The number of carbonyl (C=O) groups is 2. The Balaban J connectivity index is 2.28. The van der Waals surface area contributed by atoms with Crippen LogP contribution in [0.2, 0.25) is 0 Å². The van der Waals surface area contributed by atoms with E-state index in [1.165, 1.54) is 23.1 Å². The van der Waals surface area contributed by atoms with Crippen LogP contribution in [-0.2, 0) is 15.7 Å². The van der Waals surface area contributed by atoms with Crippen LogP contribution in [0.15, 0.2) is 54.1 Å². The second-order valence-corrected chi connectivity index (χ2v) is 7.76. The highest BCUT2D eigenvalue weighted by atomic mass is 19.4. The molecule has 1 aromatic carbocycles. The van der Waals surface area contributed by atoms with E-state index < -0.39 is 29.4 Å². The maximum atomic E-state index is 12.9. The van der Waals surface area contributed by atoms with E-state index in [0.29, 0.717) is 24.1 Å². The van der Waals surface area contributed by atoms with Crippen molar-refractivity contribution in [1.82, 2.24) is 4.90 Å². The minimum absolute atomic E-state index is 0.283. The molecule has 0 saturated carbocycles. The Kier molecular flexibility index (Phi) is 7.12. The van der Waals surface area contributed by atoms with Gasteiger partial charge in [0.2, 0.25) is 0 Å². The van der Waals surface area contributed by atoms with E-state index in [1.807, 2.05) is 0 Å². The van der Waals surface area contributed by atoms with Crippen LogP contribution in [0.5, 0.6) is 0 Å². The van der Waals surface area contributed by atoms with E-state index in [4.69, 9.17) is 9.84 Å². The second kappa shape index (κ2) is 9.19. The van der Waals surface area contributed by atoms with Gasteiger partial charge in [0, 0.05) is 19.2 Å². The molecule has 1 aliphatic rings. The minimum Gasteiger partial charge on any atom is -0.478 e. The molecule has 1 N–H and O–H groups in total. The Hall–Kier alpha value is -3.03. The molecule has 0 radical (unpaired) electrons. The van der Waals surface area contributed by atoms with Crippen molar-refractivity contribution in [3.63, 3.8) is 0 Å². The molecule has 0 saturated heterocycles. The summed E-state index contributed by atoms with van der Waals surface area (Å²) in [5, 5.41) is 8.81. The maximum Gasteiger partial charge on any atom is 0.416 e. The number of halogens is 3. The summed E-state index contributed by atoms with van der Waals surface area (Å²) in [6.07, 6.45) is 1.19. The molecular formula is C22H24F3NO4. The lowest BCUT2D eigenvalue weighted by Gasteiger charge is -2.30. The van der Waals surface area contributed by atoms with E-state index in [0.717, 1.165) is 23.8 Å². The molecule has 5 nitrogen and oxygen atoms in total. The number of hydrogen-bond acceptors (Lipinski definition) is 3. The molecule has 0 atom stereocenters. The number of carbonyl (C=O) groups excluding carboxylic acids is 1. The van der Waals surface area contributed by atoms with Gasteiger partial charge < -0.3 is 14.7 Å². The van der Waals surface area contributed by atoms with Crippen LogP contribution in [-0.4, -0.2) is 40.8 Å². The zero-order valence-corrected chi connectivity index (χ0v) is 17.0. The van der Waals surface area contributed by atoms with Crippen LogP contribution in [0.3, 0.4) is 0 Å². The number of allylic oxidation sites excluding steroid dienone is 3. The third-order valence-electron chi connectivity index (χ3n) is 4.23. The lowest BCUT2D eigenvalue weighted by atomic mass is 9.92. The number of alkyl halides is 3. The molecule has 0 spiro atoms. The first-order valence-corrected chi connectivity index (χ1v) is 9.33. The molecule has 0 aromatic heterocycles. The molecule has 2 rings (SSSR count). The first kappa shape index (κ1) is 23.3. The van der Waals surface area contributed by atoms with E-state index in [-0.39, 0.29) is 6.54 Å². The van der Waals surface area contributed by atoms with Crippen LogP contribution in [0.25, 0.3) is 5.57 Å². The summed E-state index contributed by atoms with van der Waals surface area (Å²) in [4.78, 5) is 24.5. The number of carboxylic acids is 1. The Bertz CT molecular complexity index is 875. The van der Waals surface area contributed by atoms with E-state index in [1.54, 1.807) is 32.9 Å². The third-order valence-corrected chi connectivity index (χ3v) is 4.23. The normalized spacial score (nSPS) is 15.9. The van der Waals surface area contributed by atoms with Gasteiger partial charge in [-0.15, -0.1) is 0 Å². The molecule has 0 aliphatic carbocycles. The number of nitrogens with zero attached hydrogens (tertiary/aromatic N) is 1. The first-order valence-electron chi connectivity index (χ1n) is 9.33. The first-order chi connectivity index (χ1) is 13.9. The average molecular weight is 423 g/mol. The summed E-state index contributed by atoms with van der Waals surface area (Å²) in [5.74, 6) is -1.13. The van der Waals surface area contributed by atoms with Crippen LogP contribution >= 0.6 is 0 Å². The summed E-state index contributed by atoms with van der Waals surface area (Å²) in [7, 11) is 0. The van der Waals surface area contributed by atoms with Gasteiger partial charge in [0.25, 0.3) is 0 Å². The number of hydrogen-bond donors (Lipinski definition) is 1. The lowest BCUT2D eigenvalue weighted by molar-refractivity contribution is -0.137. The quantitative estimate of drug-likeness (QED) is 0.527. The SMILES string of the molecule is CC(C)(C)OC(=O)N1CC=C(/C(=C/C=C/C(=O)O)c2ccc(C(F)(F)F)cc2)CC1. The van der Waals surface area contributed by atoms with Crippen molar-refractivity contribution >= 4 is 17.6 Å². The number of amides is 1.